The summed E-state index contributed by atoms with van der Waals surface area (Å²) in [7, 11) is 0. The molecule has 0 amide bonds. The van der Waals surface area contributed by atoms with Crippen LogP contribution in [-0.4, -0.2) is 32.9 Å². The maximum absolute atomic E-state index is 4.26. The monoisotopic (exact) mass is 284 g/mol. The summed E-state index contributed by atoms with van der Waals surface area (Å²) in [6.45, 7) is 0. The molecule has 0 fully saturated rings. The first-order valence-corrected chi connectivity index (χ1v) is 0.926. The van der Waals surface area contributed by atoms with Gasteiger partial charge in [0.25, 0.3) is 0 Å². The van der Waals surface area contributed by atoms with Crippen LogP contribution < -0.4 is 0 Å². The van der Waals surface area contributed by atoms with E-state index in [1.807, 2.05) is 0 Å². The van der Waals surface area contributed by atoms with Crippen LogP contribution in [0.3, 0.4) is 0 Å². The Labute approximate surface area is 86.6 Å². The molecule has 0 radical (unpaired) electrons. The molecule has 0 aliphatic rings. The van der Waals surface area contributed by atoms with E-state index in [0.717, 1.165) is 0 Å². The molecule has 0 heterocycles. The van der Waals surface area contributed by atoms with Gasteiger partial charge < -0.3 is 32.9 Å². The van der Waals surface area contributed by atoms with Crippen LogP contribution in [0.2, 0.25) is 0 Å². The average molecular weight is 286 g/mol. The second kappa shape index (κ2) is 180. The molecule has 12 N–H and O–H groups in total. The van der Waals surface area contributed by atoms with Gasteiger partial charge in [0.15, 0.2) is 0 Å². The van der Waals surface area contributed by atoms with E-state index in [-0.39, 0.29) is 59.1 Å². The summed E-state index contributed by atoms with van der Waals surface area (Å²) in [5, 5.41) is 0. The van der Waals surface area contributed by atoms with Crippen LogP contribution in [0.5, 0.6) is 0 Å². The third-order valence-corrected chi connectivity index (χ3v) is 0. The minimum Gasteiger partial charge on any atom is -0.412 e. The molecule has 10 heteroatoms. The Hall–Kier alpha value is 1.18. The summed E-state index contributed by atoms with van der Waals surface area (Å²) in [6.07, 6.45) is 0. The van der Waals surface area contributed by atoms with Crippen LogP contribution in [-0.2, 0) is 30.0 Å². The van der Waals surface area contributed by atoms with Crippen molar-refractivity contribution in [1.29, 1.82) is 0 Å². The normalized spacial score (nSPS) is 1.80. The molecule has 0 aliphatic heterocycles. The minimum atomic E-state index is 0. The maximum atomic E-state index is 4.26. The Morgan fingerprint density at radius 1 is 0.600 bits per heavy atom. The number of rotatable bonds is 0. The molecule has 72 valence electrons. The summed E-state index contributed by atoms with van der Waals surface area (Å²) < 4.78 is 3.19. The first-order chi connectivity index (χ1) is 1.41. The van der Waals surface area contributed by atoms with Crippen LogP contribution in [0.4, 0.5) is 0 Å². The summed E-state index contributed by atoms with van der Waals surface area (Å²) in [6, 6.07) is 0. The predicted molar refractivity (Wildman–Crippen MR) is 34.5 cm³/mol. The molecule has 0 unspecified atom stereocenters. The second-order valence-corrected chi connectivity index (χ2v) is 0.525. The van der Waals surface area contributed by atoms with E-state index >= 15 is 0 Å². The number of hydrogen-bond acceptors (Lipinski definition) is 1. The van der Waals surface area contributed by atoms with Crippen LogP contribution in [0, 0.1) is 0 Å². The Morgan fingerprint density at radius 2 is 0.600 bits per heavy atom. The third-order valence-electron chi connectivity index (χ3n) is 0. The molecule has 0 atom stereocenters. The van der Waals surface area contributed by atoms with Gasteiger partial charge in [0.2, 0.25) is 0 Å². The van der Waals surface area contributed by atoms with Gasteiger partial charge in [0.05, 0.1) is 23.7 Å². The zero-order valence-corrected chi connectivity index (χ0v) is 8.63. The van der Waals surface area contributed by atoms with Gasteiger partial charge in [-0.05, 0) is 0 Å². The van der Waals surface area contributed by atoms with Crippen LogP contribution in [0.1, 0.15) is 0 Å². The summed E-state index contributed by atoms with van der Waals surface area (Å²) in [5.41, 5.74) is 0. The van der Waals surface area contributed by atoms with Crippen molar-refractivity contribution in [3.63, 3.8) is 0 Å². The smallest absolute Gasteiger partial charge is 0.0832 e. The Balaban J connectivity index is -0.000000000952. The van der Waals surface area contributed by atoms with Gasteiger partial charge in [-0.1, -0.05) is 0 Å². The third kappa shape index (κ3) is 439. The van der Waals surface area contributed by atoms with Gasteiger partial charge in [-0.15, -0.1) is 0 Å². The van der Waals surface area contributed by atoms with E-state index in [2.05, 4.69) is 27.6 Å². The van der Waals surface area contributed by atoms with E-state index < -0.39 is 0 Å². The van der Waals surface area contributed by atoms with Crippen molar-refractivity contribution in [2.75, 3.05) is 0 Å². The zero-order valence-electron chi connectivity index (χ0n) is 4.66. The fourth-order valence-electron chi connectivity index (χ4n) is 0. The quantitative estimate of drug-likeness (QED) is 0.435. The van der Waals surface area contributed by atoms with Gasteiger partial charge in [0.1, 0.15) is 0 Å². The maximum Gasteiger partial charge on any atom is 0.0832 e. The number of halogens is 2. The van der Waals surface area contributed by atoms with Crippen molar-refractivity contribution in [3.8, 4) is 0 Å². The Morgan fingerprint density at radius 3 is 0.600 bits per heavy atom. The van der Waals surface area contributed by atoms with Gasteiger partial charge in [-0.25, -0.2) is 0 Å². The second-order valence-electron chi connectivity index (χ2n) is 0.0583. The van der Waals surface area contributed by atoms with Gasteiger partial charge >= 0.3 is 0 Å². The van der Waals surface area contributed by atoms with Gasteiger partial charge in [-0.2, -0.15) is 3.84 Å². The molecule has 0 aliphatic carbocycles. The van der Waals surface area contributed by atoms with Crippen molar-refractivity contribution < 1.29 is 62.9 Å². The van der Waals surface area contributed by atoms with Crippen molar-refractivity contribution in [1.82, 2.24) is 0 Å². The topological polar surface area (TPSA) is 198 Å². The van der Waals surface area contributed by atoms with Crippen molar-refractivity contribution >= 4 is 23.7 Å². The zero-order chi connectivity index (χ0) is 2.71. The molecule has 0 saturated carbocycles. The van der Waals surface area contributed by atoms with Crippen molar-refractivity contribution in [2.24, 2.45) is 0 Å². The molecule has 10 heavy (non-hydrogen) atoms. The fraction of sp³-hybridized carbons (Fsp3) is 0. The van der Waals surface area contributed by atoms with Crippen LogP contribution >= 0.6 is 23.7 Å². The largest absolute Gasteiger partial charge is 0.412 e. The van der Waals surface area contributed by atoms with E-state index in [4.69, 9.17) is 0 Å². The molecule has 0 bridgehead atoms. The molecular weight excluding hydrogens is 274 g/mol. The van der Waals surface area contributed by atoms with Crippen LogP contribution in [0.25, 0.3) is 0 Å². The first-order valence-electron chi connectivity index (χ1n) is 0.309. The Kier molecular flexibility index (Phi) is 2060. The predicted octanol–water partition coefficient (Wildman–Crippen LogP) is -3.64. The van der Waals surface area contributed by atoms with E-state index in [0.29, 0.717) is 0 Å². The summed E-state index contributed by atoms with van der Waals surface area (Å²) >= 11 is 8.53. The summed E-state index contributed by atoms with van der Waals surface area (Å²) in [5.74, 6) is 0. The molecule has 0 rings (SSSR count). The minimum absolute atomic E-state index is 0. The standard InChI is InChI=1S/Cl2O.6H2O.Zr/c1-3-2;;;;;;;/h;6*1H2;. The molecule has 0 spiro atoms. The van der Waals surface area contributed by atoms with E-state index in [9.17, 15) is 0 Å². The SMILES string of the molecule is ClOCl.O.O.O.O.O.O.[Zr]. The van der Waals surface area contributed by atoms with Crippen molar-refractivity contribution in [3.05, 3.63) is 0 Å². The molecule has 0 aromatic carbocycles. The Bertz CT molecular complexity index is 11.6. The van der Waals surface area contributed by atoms with Crippen molar-refractivity contribution in [2.45, 2.75) is 0 Å². The van der Waals surface area contributed by atoms with E-state index in [1.165, 1.54) is 0 Å². The average Bonchev–Trinajstić information content (AvgIpc) is 0.918. The molecule has 0 aromatic heterocycles. The molecule has 0 aromatic rings. The summed E-state index contributed by atoms with van der Waals surface area (Å²) in [4.78, 5) is 0. The molecule has 7 nitrogen and oxygen atoms in total. The number of hydrogen-bond donors (Lipinski definition) is 0. The molecular formula is H12Cl2O7Zr. The first kappa shape index (κ1) is 114. The van der Waals surface area contributed by atoms with Gasteiger partial charge in [0, 0.05) is 26.2 Å². The van der Waals surface area contributed by atoms with Gasteiger partial charge in [-0.3, -0.25) is 0 Å². The van der Waals surface area contributed by atoms with E-state index in [1.54, 1.807) is 0 Å². The van der Waals surface area contributed by atoms with Crippen LogP contribution in [0.15, 0.2) is 0 Å². The fourth-order valence-corrected chi connectivity index (χ4v) is 0. The molecule has 0 saturated heterocycles.